The monoisotopic (exact) mass is 1100 g/mol. The van der Waals surface area contributed by atoms with E-state index < -0.39 is 47.5 Å². The van der Waals surface area contributed by atoms with Gasteiger partial charge < -0.3 is 74.3 Å². The SMILES string of the molecule is Cn1cc(NC(=O)c2nccn2C)cc1C(=O)NCCC(=O)Nc1cn(C)c(C(=O)Nc2cc(C(=O)NC3CC(C(=O)Nc4cn(C)c(C(=O)NCCOCCOc5ccc(NC(=O)OCc6ccccc6)cc5)n4)C3)n(C)c2)n1. The van der Waals surface area contributed by atoms with E-state index >= 15 is 0 Å². The van der Waals surface area contributed by atoms with Crippen LogP contribution in [-0.4, -0.2) is 124 Å². The first kappa shape index (κ1) is 56.2. The Morgan fingerprint density at radius 1 is 0.575 bits per heavy atom. The van der Waals surface area contributed by atoms with E-state index in [0.29, 0.717) is 35.7 Å². The molecular formula is C53H60N16O11. The number of nitrogens with one attached hydrogen (secondary N) is 8. The molecule has 418 valence electrons. The molecule has 1 aliphatic carbocycles. The molecular weight excluding hydrogens is 1040 g/mol. The molecule has 0 radical (unpaired) electrons. The first-order chi connectivity index (χ1) is 38.5. The molecule has 0 atom stereocenters. The Morgan fingerprint density at radius 3 is 1.84 bits per heavy atom. The maximum atomic E-state index is 13.3. The van der Waals surface area contributed by atoms with Gasteiger partial charge in [0.25, 0.3) is 29.5 Å². The van der Waals surface area contributed by atoms with Crippen LogP contribution in [0.25, 0.3) is 0 Å². The first-order valence-electron chi connectivity index (χ1n) is 25.2. The maximum Gasteiger partial charge on any atom is 0.411 e. The van der Waals surface area contributed by atoms with Crippen LogP contribution >= 0.6 is 0 Å². The van der Waals surface area contributed by atoms with Gasteiger partial charge in [-0.3, -0.25) is 38.9 Å². The molecule has 1 saturated carbocycles. The van der Waals surface area contributed by atoms with Crippen LogP contribution in [0.2, 0.25) is 0 Å². The van der Waals surface area contributed by atoms with E-state index in [-0.39, 0.29) is 98.4 Å². The molecule has 2 aromatic carbocycles. The number of carbonyl (C=O) groups is 8. The summed E-state index contributed by atoms with van der Waals surface area (Å²) in [7, 11) is 8.18. The molecule has 5 aromatic heterocycles. The summed E-state index contributed by atoms with van der Waals surface area (Å²) >= 11 is 0. The number of aromatic nitrogens is 8. The fraction of sp³-hybridized carbons (Fsp3) is 0.302. The van der Waals surface area contributed by atoms with Gasteiger partial charge in [-0.05, 0) is 54.8 Å². The Balaban J connectivity index is 0.687. The van der Waals surface area contributed by atoms with Crippen LogP contribution in [0.3, 0.4) is 0 Å². The Morgan fingerprint density at radius 2 is 1.19 bits per heavy atom. The number of hydrogen-bond donors (Lipinski definition) is 8. The molecule has 0 spiro atoms. The molecule has 80 heavy (non-hydrogen) atoms. The summed E-state index contributed by atoms with van der Waals surface area (Å²) < 4.78 is 24.1. The third-order valence-corrected chi connectivity index (χ3v) is 12.5. The van der Waals surface area contributed by atoms with Crippen LogP contribution in [0, 0.1) is 5.92 Å². The number of aryl methyl sites for hydroxylation is 5. The molecule has 7 aromatic rings. The van der Waals surface area contributed by atoms with Crippen molar-refractivity contribution in [1.29, 1.82) is 0 Å². The molecule has 0 saturated heterocycles. The van der Waals surface area contributed by atoms with Crippen LogP contribution in [0.15, 0.2) is 104 Å². The normalized spacial score (nSPS) is 13.5. The molecule has 27 nitrogen and oxygen atoms in total. The third-order valence-electron chi connectivity index (χ3n) is 12.5. The highest BCUT2D eigenvalue weighted by molar-refractivity contribution is 6.05. The van der Waals surface area contributed by atoms with Crippen molar-refractivity contribution in [3.8, 4) is 5.75 Å². The van der Waals surface area contributed by atoms with Gasteiger partial charge in [-0.2, -0.15) is 0 Å². The van der Waals surface area contributed by atoms with E-state index in [0.717, 1.165) is 5.56 Å². The molecule has 8 amide bonds. The molecule has 8 N–H and O–H groups in total. The van der Waals surface area contributed by atoms with Crippen LogP contribution in [0.5, 0.6) is 5.75 Å². The van der Waals surface area contributed by atoms with Gasteiger partial charge in [0.05, 0.1) is 24.6 Å². The van der Waals surface area contributed by atoms with Gasteiger partial charge in [0.1, 0.15) is 30.4 Å². The Labute approximate surface area is 457 Å². The van der Waals surface area contributed by atoms with Crippen molar-refractivity contribution in [1.82, 2.24) is 53.7 Å². The van der Waals surface area contributed by atoms with Gasteiger partial charge in [0.15, 0.2) is 17.5 Å². The van der Waals surface area contributed by atoms with Crippen molar-refractivity contribution in [2.45, 2.75) is 31.9 Å². The highest BCUT2D eigenvalue weighted by Gasteiger charge is 2.36. The summed E-state index contributed by atoms with van der Waals surface area (Å²) in [4.78, 5) is 115. The van der Waals surface area contributed by atoms with Crippen LogP contribution < -0.4 is 47.3 Å². The van der Waals surface area contributed by atoms with E-state index in [9.17, 15) is 38.4 Å². The number of carbonyl (C=O) groups excluding carboxylic acids is 8. The quantitative estimate of drug-likeness (QED) is 0.0402. The number of hydrogen-bond acceptors (Lipinski definition) is 14. The highest BCUT2D eigenvalue weighted by atomic mass is 16.5. The van der Waals surface area contributed by atoms with E-state index in [1.807, 2.05) is 30.3 Å². The average molecular weight is 1100 g/mol. The zero-order chi connectivity index (χ0) is 56.9. The van der Waals surface area contributed by atoms with E-state index in [1.54, 1.807) is 87.2 Å². The molecule has 1 aliphatic rings. The predicted molar refractivity (Wildman–Crippen MR) is 290 cm³/mol. The van der Waals surface area contributed by atoms with E-state index in [1.165, 1.54) is 44.4 Å². The lowest BCUT2D eigenvalue weighted by Crippen LogP contribution is -2.48. The molecule has 1 fully saturated rings. The summed E-state index contributed by atoms with van der Waals surface area (Å²) in [6.45, 7) is 1.06. The van der Waals surface area contributed by atoms with Gasteiger partial charge in [0.2, 0.25) is 23.5 Å². The lowest BCUT2D eigenvalue weighted by Gasteiger charge is -2.34. The minimum atomic E-state index is -0.607. The zero-order valence-corrected chi connectivity index (χ0v) is 44.4. The number of rotatable bonds is 24. The van der Waals surface area contributed by atoms with Crippen molar-refractivity contribution in [3.63, 3.8) is 0 Å². The molecule has 8 rings (SSSR count). The van der Waals surface area contributed by atoms with E-state index in [4.69, 9.17) is 14.2 Å². The fourth-order valence-corrected chi connectivity index (χ4v) is 8.32. The van der Waals surface area contributed by atoms with Crippen molar-refractivity contribution < 1.29 is 52.6 Å². The minimum absolute atomic E-state index is 0.0147. The molecule has 0 unspecified atom stereocenters. The van der Waals surface area contributed by atoms with Crippen molar-refractivity contribution in [2.75, 3.05) is 59.5 Å². The van der Waals surface area contributed by atoms with Crippen LogP contribution in [0.4, 0.5) is 33.5 Å². The number of imidazole rings is 3. The smallest absolute Gasteiger partial charge is 0.411 e. The maximum absolute atomic E-state index is 13.3. The molecule has 27 heteroatoms. The summed E-state index contributed by atoms with van der Waals surface area (Å²) in [6, 6.07) is 18.9. The number of ether oxygens (including phenoxy) is 3. The largest absolute Gasteiger partial charge is 0.491 e. The summed E-state index contributed by atoms with van der Waals surface area (Å²) in [6.07, 6.45) is 9.32. The second-order valence-electron chi connectivity index (χ2n) is 18.7. The van der Waals surface area contributed by atoms with Gasteiger partial charge in [0, 0.05) is 110 Å². The first-order valence-corrected chi connectivity index (χ1v) is 25.2. The third kappa shape index (κ3) is 14.9. The Kier molecular flexibility index (Phi) is 18.2. The highest BCUT2D eigenvalue weighted by Crippen LogP contribution is 2.29. The van der Waals surface area contributed by atoms with Crippen molar-refractivity contribution in [2.24, 2.45) is 41.2 Å². The average Bonchev–Trinajstić information content (AvgIpc) is 4.26. The number of amides is 8. The minimum Gasteiger partial charge on any atom is -0.491 e. The van der Waals surface area contributed by atoms with Gasteiger partial charge in [-0.25, -0.2) is 19.7 Å². The number of nitrogens with zero attached hydrogens (tertiary/aromatic N) is 8. The van der Waals surface area contributed by atoms with Gasteiger partial charge in [-0.15, -0.1) is 0 Å². The van der Waals surface area contributed by atoms with Crippen molar-refractivity contribution in [3.05, 3.63) is 138 Å². The Bertz CT molecular complexity index is 3390. The van der Waals surface area contributed by atoms with Crippen molar-refractivity contribution >= 4 is 76.1 Å². The summed E-state index contributed by atoms with van der Waals surface area (Å²) in [5.74, 6) is -2.43. The second kappa shape index (κ2) is 25.9. The lowest BCUT2D eigenvalue weighted by molar-refractivity contribution is -0.123. The zero-order valence-electron chi connectivity index (χ0n) is 44.4. The lowest BCUT2D eigenvalue weighted by atomic mass is 9.79. The fourth-order valence-electron chi connectivity index (χ4n) is 8.32. The molecule has 5 heterocycles. The number of anilines is 5. The van der Waals surface area contributed by atoms with Crippen LogP contribution in [0.1, 0.15) is 77.7 Å². The van der Waals surface area contributed by atoms with Gasteiger partial charge >= 0.3 is 6.09 Å². The Hall–Kier alpha value is -10.1. The second-order valence-corrected chi connectivity index (χ2v) is 18.7. The summed E-state index contributed by atoms with van der Waals surface area (Å²) in [5, 5.41) is 21.8. The van der Waals surface area contributed by atoms with E-state index in [2.05, 4.69) is 57.5 Å². The molecule has 0 bridgehead atoms. The van der Waals surface area contributed by atoms with Gasteiger partial charge in [-0.1, -0.05) is 30.3 Å². The summed E-state index contributed by atoms with van der Waals surface area (Å²) in [5.41, 5.74) is 2.64. The van der Waals surface area contributed by atoms with Crippen LogP contribution in [-0.2, 0) is 60.9 Å². The number of benzene rings is 2. The standard InChI is InChI=1S/C53H60N16O11/c1-65-19-17-54-44(65)51(75)58-36-25-39(66(2)27-36)48(72)55-16-15-43(70)61-41-29-69(5)46(62-41)52(76)59-37-26-40(67(3)28-37)49(73)57-35-23-33(24-35)47(71)64-42-30-68(4)45(63-42)50(74)56-18-20-78-21-22-79-38-13-11-34(12-14-38)60-53(77)80-31-32-9-7-6-8-10-32/h6-14,17,19,25-30,33,35H,15-16,18,20-24,31H2,1-5H3,(H,55,72)(H,56,74)(H,57,73)(H,58,75)(H,59,76)(H,60,77)(H,61,70)(H,64,71). The predicted octanol–water partition coefficient (Wildman–Crippen LogP) is 3.55. The molecule has 0 aliphatic heterocycles. The topological polar surface area (TPSA) is 324 Å².